The standard InChI is InChI=1S/C17H29N3/c1-14(2)20-11-9-17(13-18,10-12-20)19-15(3)16-7-5-4-6-8-16/h4-8,14-15,19H,9-13,18H2,1-3H3. The van der Waals surface area contributed by atoms with Gasteiger partial charge in [-0.1, -0.05) is 30.3 Å². The van der Waals surface area contributed by atoms with E-state index in [0.717, 1.165) is 32.5 Å². The molecule has 0 amide bonds. The average molecular weight is 275 g/mol. The fourth-order valence-corrected chi connectivity index (χ4v) is 3.16. The lowest BCUT2D eigenvalue weighted by Crippen LogP contribution is -2.58. The molecule has 1 saturated heterocycles. The smallest absolute Gasteiger partial charge is 0.0333 e. The van der Waals surface area contributed by atoms with Crippen molar-refractivity contribution >= 4 is 0 Å². The Balaban J connectivity index is 1.99. The first kappa shape index (κ1) is 15.5. The molecule has 1 atom stereocenters. The monoisotopic (exact) mass is 275 g/mol. The third-order valence-electron chi connectivity index (χ3n) is 4.70. The first-order valence-corrected chi connectivity index (χ1v) is 7.83. The van der Waals surface area contributed by atoms with Gasteiger partial charge in [0.05, 0.1) is 0 Å². The molecule has 1 unspecified atom stereocenters. The van der Waals surface area contributed by atoms with Crippen molar-refractivity contribution in [3.05, 3.63) is 35.9 Å². The van der Waals surface area contributed by atoms with Gasteiger partial charge in [0.2, 0.25) is 0 Å². The third kappa shape index (κ3) is 3.60. The molecule has 1 fully saturated rings. The summed E-state index contributed by atoms with van der Waals surface area (Å²) in [5.41, 5.74) is 7.54. The Morgan fingerprint density at radius 2 is 1.75 bits per heavy atom. The molecule has 1 aromatic rings. The fraction of sp³-hybridized carbons (Fsp3) is 0.647. The fourth-order valence-electron chi connectivity index (χ4n) is 3.16. The lowest BCUT2D eigenvalue weighted by molar-refractivity contribution is 0.107. The number of nitrogens with one attached hydrogen (secondary N) is 1. The summed E-state index contributed by atoms with van der Waals surface area (Å²) in [6, 6.07) is 11.6. The summed E-state index contributed by atoms with van der Waals surface area (Å²) in [6.45, 7) is 9.79. The summed E-state index contributed by atoms with van der Waals surface area (Å²) in [4.78, 5) is 2.54. The predicted octanol–water partition coefficient (Wildman–Crippen LogP) is 2.54. The Morgan fingerprint density at radius 1 is 1.15 bits per heavy atom. The van der Waals surface area contributed by atoms with Crippen molar-refractivity contribution < 1.29 is 0 Å². The van der Waals surface area contributed by atoms with E-state index in [9.17, 15) is 0 Å². The van der Waals surface area contributed by atoms with Gasteiger partial charge in [0.25, 0.3) is 0 Å². The van der Waals surface area contributed by atoms with Crippen LogP contribution >= 0.6 is 0 Å². The molecule has 1 aliphatic rings. The molecule has 2 rings (SSSR count). The molecular formula is C17H29N3. The highest BCUT2D eigenvalue weighted by Gasteiger charge is 2.34. The van der Waals surface area contributed by atoms with Crippen molar-refractivity contribution in [3.63, 3.8) is 0 Å². The highest BCUT2D eigenvalue weighted by molar-refractivity contribution is 5.19. The van der Waals surface area contributed by atoms with Gasteiger partial charge >= 0.3 is 0 Å². The topological polar surface area (TPSA) is 41.3 Å². The second kappa shape index (κ2) is 6.70. The molecular weight excluding hydrogens is 246 g/mol. The lowest BCUT2D eigenvalue weighted by atomic mass is 9.85. The van der Waals surface area contributed by atoms with E-state index in [1.165, 1.54) is 5.56 Å². The van der Waals surface area contributed by atoms with Crippen molar-refractivity contribution in [2.75, 3.05) is 19.6 Å². The van der Waals surface area contributed by atoms with Crippen LogP contribution in [0.4, 0.5) is 0 Å². The largest absolute Gasteiger partial charge is 0.329 e. The highest BCUT2D eigenvalue weighted by Crippen LogP contribution is 2.26. The minimum Gasteiger partial charge on any atom is -0.329 e. The maximum absolute atomic E-state index is 6.11. The highest BCUT2D eigenvalue weighted by atomic mass is 15.2. The van der Waals surface area contributed by atoms with Gasteiger partial charge in [-0.25, -0.2) is 0 Å². The zero-order valence-corrected chi connectivity index (χ0v) is 13.1. The molecule has 3 N–H and O–H groups in total. The Kier molecular flexibility index (Phi) is 5.19. The van der Waals surface area contributed by atoms with Crippen molar-refractivity contribution in [2.24, 2.45) is 5.73 Å². The van der Waals surface area contributed by atoms with Crippen LogP contribution in [0.15, 0.2) is 30.3 Å². The summed E-state index contributed by atoms with van der Waals surface area (Å²) < 4.78 is 0. The van der Waals surface area contributed by atoms with Gasteiger partial charge in [0.15, 0.2) is 0 Å². The molecule has 3 heteroatoms. The minimum atomic E-state index is 0.0979. The van der Waals surface area contributed by atoms with E-state index in [4.69, 9.17) is 5.73 Å². The van der Waals surface area contributed by atoms with Gasteiger partial charge in [-0.05, 0) is 39.2 Å². The molecule has 1 aromatic carbocycles. The summed E-state index contributed by atoms with van der Waals surface area (Å²) >= 11 is 0. The molecule has 20 heavy (non-hydrogen) atoms. The van der Waals surface area contributed by atoms with Crippen LogP contribution in [0.2, 0.25) is 0 Å². The first-order valence-electron chi connectivity index (χ1n) is 7.83. The molecule has 0 aliphatic carbocycles. The number of piperidine rings is 1. The molecule has 1 heterocycles. The van der Waals surface area contributed by atoms with Gasteiger partial charge in [-0.15, -0.1) is 0 Å². The molecule has 0 spiro atoms. The first-order chi connectivity index (χ1) is 9.56. The molecule has 0 aromatic heterocycles. The van der Waals surface area contributed by atoms with E-state index in [0.29, 0.717) is 12.1 Å². The van der Waals surface area contributed by atoms with Crippen LogP contribution in [0.3, 0.4) is 0 Å². The zero-order chi connectivity index (χ0) is 14.6. The summed E-state index contributed by atoms with van der Waals surface area (Å²) in [6.07, 6.45) is 2.28. The van der Waals surface area contributed by atoms with Crippen LogP contribution in [-0.2, 0) is 0 Å². The normalized spacial score (nSPS) is 21.1. The van der Waals surface area contributed by atoms with Crippen LogP contribution in [0.5, 0.6) is 0 Å². The van der Waals surface area contributed by atoms with Gasteiger partial charge in [-0.2, -0.15) is 0 Å². The number of likely N-dealkylation sites (tertiary alicyclic amines) is 1. The molecule has 1 aliphatic heterocycles. The van der Waals surface area contributed by atoms with Crippen LogP contribution in [0.1, 0.15) is 45.2 Å². The zero-order valence-electron chi connectivity index (χ0n) is 13.1. The molecule has 0 bridgehead atoms. The Bertz CT molecular complexity index is 394. The number of nitrogens with two attached hydrogens (primary N) is 1. The molecule has 112 valence electrons. The van der Waals surface area contributed by atoms with E-state index >= 15 is 0 Å². The van der Waals surface area contributed by atoms with E-state index in [-0.39, 0.29) is 5.54 Å². The van der Waals surface area contributed by atoms with Crippen LogP contribution < -0.4 is 11.1 Å². The maximum atomic E-state index is 6.11. The van der Waals surface area contributed by atoms with Crippen molar-refractivity contribution in [1.29, 1.82) is 0 Å². The number of benzene rings is 1. The summed E-state index contributed by atoms with van der Waals surface area (Å²) in [5.74, 6) is 0. The predicted molar refractivity (Wildman–Crippen MR) is 85.7 cm³/mol. The van der Waals surface area contributed by atoms with Crippen LogP contribution in [0.25, 0.3) is 0 Å². The maximum Gasteiger partial charge on any atom is 0.0333 e. The average Bonchev–Trinajstić information content (AvgIpc) is 2.48. The summed E-state index contributed by atoms with van der Waals surface area (Å²) in [7, 11) is 0. The SMILES string of the molecule is CC(NC1(CN)CCN(C(C)C)CC1)c1ccccc1. The van der Waals surface area contributed by atoms with E-state index in [2.05, 4.69) is 61.3 Å². The number of nitrogens with zero attached hydrogens (tertiary/aromatic N) is 1. The van der Waals surface area contributed by atoms with E-state index in [1.54, 1.807) is 0 Å². The van der Waals surface area contributed by atoms with Gasteiger partial charge < -0.3 is 16.0 Å². The van der Waals surface area contributed by atoms with E-state index in [1.807, 2.05) is 0 Å². The second-order valence-electron chi connectivity index (χ2n) is 6.39. The van der Waals surface area contributed by atoms with Gasteiger partial charge in [-0.3, -0.25) is 0 Å². The van der Waals surface area contributed by atoms with Gasteiger partial charge in [0, 0.05) is 37.3 Å². The minimum absolute atomic E-state index is 0.0979. The number of hydrogen-bond acceptors (Lipinski definition) is 3. The molecule has 0 radical (unpaired) electrons. The Hall–Kier alpha value is -0.900. The number of hydrogen-bond donors (Lipinski definition) is 2. The molecule has 3 nitrogen and oxygen atoms in total. The molecule has 0 saturated carbocycles. The Morgan fingerprint density at radius 3 is 2.25 bits per heavy atom. The lowest BCUT2D eigenvalue weighted by Gasteiger charge is -2.44. The number of rotatable bonds is 5. The third-order valence-corrected chi connectivity index (χ3v) is 4.70. The summed E-state index contributed by atoms with van der Waals surface area (Å²) in [5, 5.41) is 3.81. The van der Waals surface area contributed by atoms with E-state index < -0.39 is 0 Å². The van der Waals surface area contributed by atoms with Crippen molar-refractivity contribution in [2.45, 2.75) is 51.2 Å². The quantitative estimate of drug-likeness (QED) is 0.867. The van der Waals surface area contributed by atoms with Crippen LogP contribution in [0, 0.1) is 0 Å². The van der Waals surface area contributed by atoms with Crippen molar-refractivity contribution in [1.82, 2.24) is 10.2 Å². The van der Waals surface area contributed by atoms with Crippen LogP contribution in [-0.4, -0.2) is 36.1 Å². The van der Waals surface area contributed by atoms with Crippen molar-refractivity contribution in [3.8, 4) is 0 Å². The second-order valence-corrected chi connectivity index (χ2v) is 6.39. The van der Waals surface area contributed by atoms with Gasteiger partial charge in [0.1, 0.15) is 0 Å². The Labute approximate surface area is 123 Å².